The molecule has 22 heavy (non-hydrogen) atoms. The molecule has 2 rings (SSSR count). The predicted molar refractivity (Wildman–Crippen MR) is 81.6 cm³/mol. The molecule has 1 aliphatic rings. The summed E-state index contributed by atoms with van der Waals surface area (Å²) >= 11 is 11.8. The Labute approximate surface area is 138 Å². The van der Waals surface area contributed by atoms with Crippen molar-refractivity contribution in [3.05, 3.63) is 33.8 Å². The van der Waals surface area contributed by atoms with Gasteiger partial charge in [-0.3, -0.25) is 4.79 Å². The first-order chi connectivity index (χ1) is 10.4. The fourth-order valence-corrected chi connectivity index (χ4v) is 2.66. The molecule has 1 aliphatic carbocycles. The van der Waals surface area contributed by atoms with Crippen LogP contribution < -0.4 is 5.32 Å². The van der Waals surface area contributed by atoms with E-state index in [2.05, 4.69) is 11.4 Å². The number of hydrogen-bond donors (Lipinski definition) is 1. The summed E-state index contributed by atoms with van der Waals surface area (Å²) in [5.74, 6) is -1.17. The molecule has 0 bridgehead atoms. The number of nitrogens with zero attached hydrogens (tertiary/aromatic N) is 1. The SMILES string of the molecule is C[C@@](C#N)(NC(=O)COC(=O)c1c(Cl)cccc1Cl)C1CC1. The average molecular weight is 341 g/mol. The molecule has 7 heteroatoms. The molecule has 1 N–H and O–H groups in total. The number of carbonyl (C=O) groups excluding carboxylic acids is 2. The predicted octanol–water partition coefficient (Wildman–Crippen LogP) is 2.96. The van der Waals surface area contributed by atoms with Gasteiger partial charge in [-0.15, -0.1) is 0 Å². The van der Waals surface area contributed by atoms with E-state index in [0.29, 0.717) is 0 Å². The molecule has 1 aromatic carbocycles. The van der Waals surface area contributed by atoms with Crippen LogP contribution in [-0.4, -0.2) is 24.0 Å². The molecule has 0 aliphatic heterocycles. The summed E-state index contributed by atoms with van der Waals surface area (Å²) in [4.78, 5) is 23.8. The molecular formula is C15H14Cl2N2O3. The van der Waals surface area contributed by atoms with E-state index in [1.54, 1.807) is 13.0 Å². The van der Waals surface area contributed by atoms with Crippen molar-refractivity contribution >= 4 is 35.1 Å². The van der Waals surface area contributed by atoms with Gasteiger partial charge in [0.25, 0.3) is 5.91 Å². The summed E-state index contributed by atoms with van der Waals surface area (Å²) in [5.41, 5.74) is -0.908. The van der Waals surface area contributed by atoms with Gasteiger partial charge in [-0.2, -0.15) is 5.26 Å². The number of nitrogens with one attached hydrogen (secondary N) is 1. The third-order valence-electron chi connectivity index (χ3n) is 3.53. The van der Waals surface area contributed by atoms with Gasteiger partial charge in [0.15, 0.2) is 6.61 Å². The highest BCUT2D eigenvalue weighted by Gasteiger charge is 2.43. The van der Waals surface area contributed by atoms with Crippen LogP contribution in [0.2, 0.25) is 10.0 Å². The second kappa shape index (κ2) is 6.55. The molecule has 5 nitrogen and oxygen atoms in total. The minimum atomic E-state index is -0.925. The molecule has 0 unspecified atom stereocenters. The molecule has 0 saturated heterocycles. The van der Waals surface area contributed by atoms with Gasteiger partial charge in [0.1, 0.15) is 5.54 Å². The zero-order chi connectivity index (χ0) is 16.3. The molecular weight excluding hydrogens is 327 g/mol. The van der Waals surface area contributed by atoms with Crippen LogP contribution in [0.25, 0.3) is 0 Å². The minimum Gasteiger partial charge on any atom is -0.452 e. The van der Waals surface area contributed by atoms with Crippen molar-refractivity contribution in [2.45, 2.75) is 25.3 Å². The zero-order valence-electron chi connectivity index (χ0n) is 11.9. The summed E-state index contributed by atoms with van der Waals surface area (Å²) < 4.78 is 4.91. The largest absolute Gasteiger partial charge is 0.452 e. The van der Waals surface area contributed by atoms with Crippen molar-refractivity contribution in [1.29, 1.82) is 5.26 Å². The summed E-state index contributed by atoms with van der Waals surface area (Å²) in [5, 5.41) is 12.1. The number of ether oxygens (including phenoxy) is 1. The number of nitriles is 1. The van der Waals surface area contributed by atoms with E-state index in [9.17, 15) is 9.59 Å². The van der Waals surface area contributed by atoms with Crippen molar-refractivity contribution in [2.75, 3.05) is 6.61 Å². The maximum atomic E-state index is 11.9. The standard InChI is InChI=1S/C15H14Cl2N2O3/c1-15(8-18,9-5-6-9)19-12(20)7-22-14(21)13-10(16)3-2-4-11(13)17/h2-4,9H,5-7H2,1H3,(H,19,20)/t15-/m0/s1. The molecule has 1 fully saturated rings. The van der Waals surface area contributed by atoms with Gasteiger partial charge in [-0.1, -0.05) is 29.3 Å². The molecule has 0 spiro atoms. The van der Waals surface area contributed by atoms with Gasteiger partial charge in [-0.25, -0.2) is 4.79 Å². The fraction of sp³-hybridized carbons (Fsp3) is 0.400. The van der Waals surface area contributed by atoms with Crippen LogP contribution in [-0.2, 0) is 9.53 Å². The molecule has 1 saturated carbocycles. The maximum absolute atomic E-state index is 11.9. The third-order valence-corrected chi connectivity index (χ3v) is 4.16. The Balaban J connectivity index is 1.94. The van der Waals surface area contributed by atoms with E-state index >= 15 is 0 Å². The van der Waals surface area contributed by atoms with Crippen LogP contribution >= 0.6 is 23.2 Å². The first kappa shape index (κ1) is 16.6. The maximum Gasteiger partial charge on any atom is 0.341 e. The van der Waals surface area contributed by atoms with Crippen LogP contribution in [0, 0.1) is 17.2 Å². The molecule has 1 aromatic rings. The molecule has 0 aromatic heterocycles. The Kier molecular flexibility index (Phi) is 4.94. The highest BCUT2D eigenvalue weighted by atomic mass is 35.5. The van der Waals surface area contributed by atoms with Gasteiger partial charge in [-0.05, 0) is 37.8 Å². The monoisotopic (exact) mass is 340 g/mol. The van der Waals surface area contributed by atoms with E-state index in [4.69, 9.17) is 33.2 Å². The molecule has 0 radical (unpaired) electrons. The van der Waals surface area contributed by atoms with Crippen LogP contribution in [0.1, 0.15) is 30.1 Å². The van der Waals surface area contributed by atoms with E-state index in [1.165, 1.54) is 12.1 Å². The van der Waals surface area contributed by atoms with Crippen LogP contribution in [0.3, 0.4) is 0 Å². The van der Waals surface area contributed by atoms with Crippen LogP contribution in [0.4, 0.5) is 0 Å². The smallest absolute Gasteiger partial charge is 0.341 e. The lowest BCUT2D eigenvalue weighted by Crippen LogP contribution is -2.48. The van der Waals surface area contributed by atoms with E-state index in [-0.39, 0.29) is 21.5 Å². The van der Waals surface area contributed by atoms with Crippen molar-refractivity contribution in [3.63, 3.8) is 0 Å². The number of hydrogen-bond acceptors (Lipinski definition) is 4. The number of rotatable bonds is 5. The average Bonchev–Trinajstić information content (AvgIpc) is 3.30. The summed E-state index contributed by atoms with van der Waals surface area (Å²) in [6.45, 7) is 1.17. The number of carbonyl (C=O) groups is 2. The van der Waals surface area contributed by atoms with E-state index in [1.807, 2.05) is 0 Å². The zero-order valence-corrected chi connectivity index (χ0v) is 13.4. The molecule has 1 atom stereocenters. The second-order valence-electron chi connectivity index (χ2n) is 5.31. The third kappa shape index (κ3) is 3.70. The molecule has 116 valence electrons. The summed E-state index contributed by atoms with van der Waals surface area (Å²) in [7, 11) is 0. The minimum absolute atomic E-state index is 0.0175. The van der Waals surface area contributed by atoms with Gasteiger partial charge in [0, 0.05) is 0 Å². The Morgan fingerprint density at radius 1 is 1.41 bits per heavy atom. The van der Waals surface area contributed by atoms with Crippen LogP contribution in [0.15, 0.2) is 18.2 Å². The van der Waals surface area contributed by atoms with Crippen molar-refractivity contribution in [1.82, 2.24) is 5.32 Å². The first-order valence-corrected chi connectivity index (χ1v) is 7.46. The topological polar surface area (TPSA) is 79.2 Å². The van der Waals surface area contributed by atoms with Crippen molar-refractivity contribution in [3.8, 4) is 6.07 Å². The Morgan fingerprint density at radius 3 is 2.50 bits per heavy atom. The number of esters is 1. The molecule has 0 heterocycles. The highest BCUT2D eigenvalue weighted by Crippen LogP contribution is 2.39. The van der Waals surface area contributed by atoms with Crippen molar-refractivity contribution in [2.24, 2.45) is 5.92 Å². The van der Waals surface area contributed by atoms with Crippen molar-refractivity contribution < 1.29 is 14.3 Å². The highest BCUT2D eigenvalue weighted by molar-refractivity contribution is 6.39. The normalized spacial score (nSPS) is 16.3. The molecule has 1 amide bonds. The van der Waals surface area contributed by atoms with Gasteiger partial charge in [0.2, 0.25) is 0 Å². The lowest BCUT2D eigenvalue weighted by atomic mass is 9.98. The van der Waals surface area contributed by atoms with E-state index in [0.717, 1.165) is 12.8 Å². The Morgan fingerprint density at radius 2 is 2.00 bits per heavy atom. The lowest BCUT2D eigenvalue weighted by molar-refractivity contribution is -0.125. The Bertz CT molecular complexity index is 632. The Hall–Kier alpha value is -1.77. The first-order valence-electron chi connectivity index (χ1n) is 6.71. The van der Waals surface area contributed by atoms with Gasteiger partial charge >= 0.3 is 5.97 Å². The lowest BCUT2D eigenvalue weighted by Gasteiger charge is -2.22. The summed E-state index contributed by atoms with van der Waals surface area (Å²) in [6, 6.07) is 6.70. The van der Waals surface area contributed by atoms with Gasteiger partial charge in [0.05, 0.1) is 21.7 Å². The fourth-order valence-electron chi connectivity index (χ4n) is 2.10. The van der Waals surface area contributed by atoms with Gasteiger partial charge < -0.3 is 10.1 Å². The second-order valence-corrected chi connectivity index (χ2v) is 6.12. The summed E-state index contributed by atoms with van der Waals surface area (Å²) in [6.07, 6.45) is 1.80. The quantitative estimate of drug-likeness (QED) is 0.835. The number of amides is 1. The number of halogens is 2. The number of benzene rings is 1. The van der Waals surface area contributed by atoms with E-state index < -0.39 is 24.0 Å². The van der Waals surface area contributed by atoms with Crippen LogP contribution in [0.5, 0.6) is 0 Å².